The number of benzene rings is 2. The highest BCUT2D eigenvalue weighted by atomic mass is 32.2. The Morgan fingerprint density at radius 2 is 1.68 bits per heavy atom. The molecule has 2 aliphatic rings. The lowest BCUT2D eigenvalue weighted by atomic mass is 10.00. The van der Waals surface area contributed by atoms with E-state index < -0.39 is 10.0 Å². The Bertz CT molecular complexity index is 1110. The van der Waals surface area contributed by atoms with Gasteiger partial charge in [-0.25, -0.2) is 8.42 Å². The number of carbonyl (C=O) groups excluding carboxylic acids is 1. The first-order valence-electron chi connectivity index (χ1n) is 9.52. The molecule has 1 fully saturated rings. The number of amides is 1. The molecule has 0 saturated heterocycles. The fourth-order valence-corrected chi connectivity index (χ4v) is 5.06. The Labute approximate surface area is 166 Å². The van der Waals surface area contributed by atoms with Crippen molar-refractivity contribution in [2.75, 3.05) is 16.7 Å². The Balaban J connectivity index is 1.75. The molecule has 2 aromatic carbocycles. The molecule has 0 aromatic heterocycles. The molecule has 1 amide bonds. The van der Waals surface area contributed by atoms with E-state index in [1.165, 1.54) is 0 Å². The Kier molecular flexibility index (Phi) is 4.54. The topological polar surface area (TPSA) is 66.5 Å². The largest absolute Gasteiger partial charge is 0.311 e. The molecule has 0 radical (unpaired) electrons. The van der Waals surface area contributed by atoms with Crippen LogP contribution in [0.15, 0.2) is 46.9 Å². The minimum atomic E-state index is -3.75. The highest BCUT2D eigenvalue weighted by molar-refractivity contribution is 7.92. The molecule has 4 rings (SSSR count). The summed E-state index contributed by atoms with van der Waals surface area (Å²) in [5, 5.41) is 0. The zero-order valence-corrected chi connectivity index (χ0v) is 17.2. The summed E-state index contributed by atoms with van der Waals surface area (Å²) in [6.07, 6.45) is 3.98. The highest BCUT2D eigenvalue weighted by Gasteiger charge is 2.34. The van der Waals surface area contributed by atoms with Crippen LogP contribution in [0.1, 0.15) is 42.4 Å². The highest BCUT2D eigenvalue weighted by Crippen LogP contribution is 2.42. The summed E-state index contributed by atoms with van der Waals surface area (Å²) in [5.74, 6) is -0.0384. The van der Waals surface area contributed by atoms with Crippen molar-refractivity contribution in [2.45, 2.75) is 44.4 Å². The molecule has 1 N–H and O–H groups in total. The van der Waals surface area contributed by atoms with E-state index in [1.807, 2.05) is 26.0 Å². The maximum atomic E-state index is 13.0. The second-order valence-corrected chi connectivity index (χ2v) is 9.32. The summed E-state index contributed by atoms with van der Waals surface area (Å²) >= 11 is 0. The molecule has 146 valence electrons. The van der Waals surface area contributed by atoms with Gasteiger partial charge in [-0.2, -0.15) is 0 Å². The molecule has 0 atom stereocenters. The van der Waals surface area contributed by atoms with E-state index in [9.17, 15) is 13.2 Å². The van der Waals surface area contributed by atoms with Gasteiger partial charge in [0.15, 0.2) is 0 Å². The van der Waals surface area contributed by atoms with Crippen LogP contribution in [0.5, 0.6) is 0 Å². The Morgan fingerprint density at radius 3 is 2.36 bits per heavy atom. The van der Waals surface area contributed by atoms with E-state index >= 15 is 0 Å². The van der Waals surface area contributed by atoms with Gasteiger partial charge in [0, 0.05) is 23.9 Å². The first-order valence-corrected chi connectivity index (χ1v) is 11.0. The van der Waals surface area contributed by atoms with Gasteiger partial charge in [0.05, 0.1) is 10.6 Å². The summed E-state index contributed by atoms with van der Waals surface area (Å²) in [5.41, 5.74) is 6.00. The van der Waals surface area contributed by atoms with Crippen molar-refractivity contribution >= 4 is 32.9 Å². The van der Waals surface area contributed by atoms with Crippen molar-refractivity contribution < 1.29 is 13.2 Å². The third-order valence-electron chi connectivity index (χ3n) is 5.75. The van der Waals surface area contributed by atoms with Crippen molar-refractivity contribution in [3.8, 4) is 0 Å². The molecule has 6 heteroatoms. The number of anilines is 2. The zero-order valence-electron chi connectivity index (χ0n) is 16.4. The lowest BCUT2D eigenvalue weighted by Gasteiger charge is -2.12. The molecule has 0 bridgehead atoms. The number of hydrogen-bond acceptors (Lipinski definition) is 3. The van der Waals surface area contributed by atoms with Gasteiger partial charge in [-0.1, -0.05) is 11.6 Å². The summed E-state index contributed by atoms with van der Waals surface area (Å²) < 4.78 is 28.6. The predicted octanol–water partition coefficient (Wildman–Crippen LogP) is 4.41. The summed E-state index contributed by atoms with van der Waals surface area (Å²) in [7, 11) is -2.01. The molecular weight excluding hydrogens is 372 g/mol. The van der Waals surface area contributed by atoms with E-state index in [-0.39, 0.29) is 10.8 Å². The van der Waals surface area contributed by atoms with Crippen LogP contribution in [-0.4, -0.2) is 21.4 Å². The van der Waals surface area contributed by atoms with Gasteiger partial charge in [0.25, 0.3) is 15.9 Å². The number of nitrogens with one attached hydrogen (secondary N) is 1. The van der Waals surface area contributed by atoms with E-state index in [2.05, 4.69) is 4.72 Å². The van der Waals surface area contributed by atoms with Crippen molar-refractivity contribution in [1.82, 2.24) is 0 Å². The second-order valence-electron chi connectivity index (χ2n) is 7.63. The lowest BCUT2D eigenvalue weighted by molar-refractivity contribution is -0.112. The molecule has 1 saturated carbocycles. The van der Waals surface area contributed by atoms with E-state index in [0.29, 0.717) is 11.3 Å². The van der Waals surface area contributed by atoms with Crippen LogP contribution < -0.4 is 9.62 Å². The van der Waals surface area contributed by atoms with Crippen molar-refractivity contribution in [1.29, 1.82) is 0 Å². The molecule has 0 unspecified atom stereocenters. The van der Waals surface area contributed by atoms with Crippen LogP contribution in [0.4, 0.5) is 11.4 Å². The molecule has 0 spiro atoms. The third-order valence-corrected chi connectivity index (χ3v) is 7.13. The summed E-state index contributed by atoms with van der Waals surface area (Å²) in [6, 6.07) is 10.4. The lowest BCUT2D eigenvalue weighted by Crippen LogP contribution is -2.20. The molecule has 5 nitrogen and oxygen atoms in total. The number of rotatable bonds is 3. The van der Waals surface area contributed by atoms with Gasteiger partial charge in [-0.3, -0.25) is 9.52 Å². The predicted molar refractivity (Wildman–Crippen MR) is 112 cm³/mol. The third kappa shape index (κ3) is 3.11. The number of nitrogens with zero attached hydrogens (tertiary/aromatic N) is 1. The average Bonchev–Trinajstić information content (AvgIpc) is 3.25. The second kappa shape index (κ2) is 6.78. The van der Waals surface area contributed by atoms with Crippen LogP contribution >= 0.6 is 0 Å². The van der Waals surface area contributed by atoms with Crippen molar-refractivity contribution in [3.05, 3.63) is 58.7 Å². The van der Waals surface area contributed by atoms with Gasteiger partial charge in [0.1, 0.15) is 0 Å². The number of aryl methyl sites for hydroxylation is 2. The number of allylic oxidation sites excluding steroid dienone is 1. The first-order chi connectivity index (χ1) is 13.3. The number of carbonyl (C=O) groups is 1. The van der Waals surface area contributed by atoms with Crippen LogP contribution in [-0.2, 0) is 14.8 Å². The zero-order chi connectivity index (χ0) is 20.1. The molecule has 1 heterocycles. The van der Waals surface area contributed by atoms with Gasteiger partial charge in [-0.05, 0) is 81.0 Å². The monoisotopic (exact) mass is 396 g/mol. The van der Waals surface area contributed by atoms with Crippen LogP contribution in [0.3, 0.4) is 0 Å². The summed E-state index contributed by atoms with van der Waals surface area (Å²) in [4.78, 5) is 14.6. The van der Waals surface area contributed by atoms with Crippen LogP contribution in [0.2, 0.25) is 0 Å². The normalized spacial score (nSPS) is 16.7. The van der Waals surface area contributed by atoms with Crippen molar-refractivity contribution in [2.24, 2.45) is 0 Å². The molecule has 1 aliphatic heterocycles. The maximum Gasteiger partial charge on any atom is 0.261 e. The number of likely N-dealkylation sites (N-methyl/N-ethyl adjacent to an activating group) is 1. The minimum absolute atomic E-state index is 0.0384. The first kappa shape index (κ1) is 18.7. The fourth-order valence-electron chi connectivity index (χ4n) is 3.98. The quantitative estimate of drug-likeness (QED) is 0.782. The molecule has 2 aromatic rings. The molecular formula is C22H24N2O3S. The van der Waals surface area contributed by atoms with Gasteiger partial charge < -0.3 is 4.90 Å². The van der Waals surface area contributed by atoms with Gasteiger partial charge >= 0.3 is 0 Å². The summed E-state index contributed by atoms with van der Waals surface area (Å²) in [6.45, 7) is 3.93. The van der Waals surface area contributed by atoms with Crippen LogP contribution in [0.25, 0.3) is 5.57 Å². The van der Waals surface area contributed by atoms with Crippen LogP contribution in [0, 0.1) is 13.8 Å². The average molecular weight is 397 g/mol. The van der Waals surface area contributed by atoms with Gasteiger partial charge in [-0.15, -0.1) is 0 Å². The number of fused-ring (bicyclic) bond motifs is 1. The number of sulfonamides is 1. The fraction of sp³-hybridized carbons (Fsp3) is 0.318. The van der Waals surface area contributed by atoms with E-state index in [4.69, 9.17) is 0 Å². The van der Waals surface area contributed by atoms with Gasteiger partial charge in [0.2, 0.25) is 0 Å². The standard InChI is InChI=1S/C22H24N2O3S/c1-14-8-9-17(12-15(14)2)23-28(26,27)18-10-11-20-19(13-18)21(22(25)24(20)3)16-6-4-5-7-16/h8-13,23H,4-7H2,1-3H3. The van der Waals surface area contributed by atoms with E-state index in [0.717, 1.165) is 53.6 Å². The smallest absolute Gasteiger partial charge is 0.261 e. The van der Waals surface area contributed by atoms with Crippen molar-refractivity contribution in [3.63, 3.8) is 0 Å². The maximum absolute atomic E-state index is 13.0. The SMILES string of the molecule is Cc1ccc(NS(=O)(=O)c2ccc3c(c2)C(=C2CCCC2)C(=O)N3C)cc1C. The Morgan fingerprint density at radius 1 is 0.964 bits per heavy atom. The molecule has 1 aliphatic carbocycles. The molecule has 28 heavy (non-hydrogen) atoms. The minimum Gasteiger partial charge on any atom is -0.311 e. The van der Waals surface area contributed by atoms with E-state index in [1.54, 1.807) is 36.2 Å². The number of hydrogen-bond donors (Lipinski definition) is 1. The Hall–Kier alpha value is -2.60.